The molecule has 11 heavy (non-hydrogen) atoms. The van der Waals surface area contributed by atoms with E-state index < -0.39 is 0 Å². The zero-order valence-electron chi connectivity index (χ0n) is 7.12. The first kappa shape index (κ1) is 8.97. The summed E-state index contributed by atoms with van der Waals surface area (Å²) < 4.78 is 5.28. The maximum absolute atomic E-state index is 9.11. The van der Waals surface area contributed by atoms with Gasteiger partial charge < -0.3 is 9.84 Å². The number of rotatable bonds is 2. The van der Waals surface area contributed by atoms with Crippen LogP contribution in [0.2, 0.25) is 0 Å². The highest BCUT2D eigenvalue weighted by molar-refractivity contribution is 4.63. The van der Waals surface area contributed by atoms with Gasteiger partial charge in [0.25, 0.3) is 0 Å². The fourth-order valence-corrected chi connectivity index (χ4v) is 1.35. The highest BCUT2D eigenvalue weighted by Gasteiger charge is 2.10. The molecule has 0 spiro atoms. The van der Waals surface area contributed by atoms with E-state index in [2.05, 4.69) is 4.90 Å². The molecule has 3 heteroatoms. The zero-order chi connectivity index (χ0) is 8.10. The van der Waals surface area contributed by atoms with Crippen LogP contribution < -0.4 is 0 Å². The van der Waals surface area contributed by atoms with E-state index in [4.69, 9.17) is 9.84 Å². The summed E-state index contributed by atoms with van der Waals surface area (Å²) in [5, 5.41) is 9.11. The monoisotopic (exact) mass is 159 g/mol. The molecule has 1 rings (SSSR count). The van der Waals surface area contributed by atoms with E-state index in [1.54, 1.807) is 0 Å². The van der Waals surface area contributed by atoms with Gasteiger partial charge in [0.2, 0.25) is 0 Å². The van der Waals surface area contributed by atoms with Crippen LogP contribution >= 0.6 is 0 Å². The Morgan fingerprint density at radius 1 is 1.45 bits per heavy atom. The summed E-state index contributed by atoms with van der Waals surface area (Å²) in [5.41, 5.74) is 0. The van der Waals surface area contributed by atoms with Gasteiger partial charge in [-0.15, -0.1) is 0 Å². The van der Waals surface area contributed by atoms with Crippen LogP contribution in [0.4, 0.5) is 0 Å². The van der Waals surface area contributed by atoms with Gasteiger partial charge in [0.15, 0.2) is 0 Å². The smallest absolute Gasteiger partial charge is 0.0639 e. The standard InChI is InChI=1S/C8H17NO2/c1-8(10)7-9-3-2-5-11-6-4-9/h8,10H,2-7H2,1H3. The van der Waals surface area contributed by atoms with Gasteiger partial charge in [0, 0.05) is 26.2 Å². The third-order valence-electron chi connectivity index (χ3n) is 1.84. The van der Waals surface area contributed by atoms with Crippen LogP contribution in [0.5, 0.6) is 0 Å². The molecule has 0 radical (unpaired) electrons. The molecule has 1 aliphatic rings. The Bertz CT molecular complexity index is 98.3. The number of hydrogen-bond donors (Lipinski definition) is 1. The lowest BCUT2D eigenvalue weighted by Gasteiger charge is -2.20. The summed E-state index contributed by atoms with van der Waals surface area (Å²) in [6.45, 7) is 6.31. The summed E-state index contributed by atoms with van der Waals surface area (Å²) in [5.74, 6) is 0. The van der Waals surface area contributed by atoms with E-state index in [-0.39, 0.29) is 6.10 Å². The van der Waals surface area contributed by atoms with E-state index in [1.807, 2.05) is 6.92 Å². The molecular weight excluding hydrogens is 142 g/mol. The second-order valence-corrected chi connectivity index (χ2v) is 3.12. The summed E-state index contributed by atoms with van der Waals surface area (Å²) in [6.07, 6.45) is 0.875. The summed E-state index contributed by atoms with van der Waals surface area (Å²) in [4.78, 5) is 2.25. The van der Waals surface area contributed by atoms with Crippen LogP contribution in [0.15, 0.2) is 0 Å². The Kier molecular flexibility index (Phi) is 3.83. The van der Waals surface area contributed by atoms with Crippen molar-refractivity contribution in [3.8, 4) is 0 Å². The van der Waals surface area contributed by atoms with E-state index in [0.717, 1.165) is 39.3 Å². The molecule has 1 aliphatic heterocycles. The van der Waals surface area contributed by atoms with Crippen molar-refractivity contribution in [2.24, 2.45) is 0 Å². The quantitative estimate of drug-likeness (QED) is 0.620. The van der Waals surface area contributed by atoms with E-state index in [0.29, 0.717) is 0 Å². The summed E-state index contributed by atoms with van der Waals surface area (Å²) in [7, 11) is 0. The van der Waals surface area contributed by atoms with Crippen LogP contribution in [0.3, 0.4) is 0 Å². The molecule has 0 aromatic heterocycles. The van der Waals surface area contributed by atoms with E-state index >= 15 is 0 Å². The Morgan fingerprint density at radius 3 is 3.00 bits per heavy atom. The SMILES string of the molecule is CC(O)CN1CCCOCC1. The fraction of sp³-hybridized carbons (Fsp3) is 1.00. The van der Waals surface area contributed by atoms with Crippen molar-refractivity contribution in [3.05, 3.63) is 0 Å². The number of β-amino-alcohol motifs (C(OH)–C–C–N with tert-alkyl or cyclic N) is 1. The maximum Gasteiger partial charge on any atom is 0.0639 e. The lowest BCUT2D eigenvalue weighted by Crippen LogP contribution is -2.32. The van der Waals surface area contributed by atoms with Crippen molar-refractivity contribution in [2.75, 3.05) is 32.8 Å². The predicted octanol–water partition coefficient (Wildman–Crippen LogP) is 0.0895. The van der Waals surface area contributed by atoms with Crippen molar-refractivity contribution >= 4 is 0 Å². The molecule has 0 aromatic rings. The second kappa shape index (κ2) is 4.70. The van der Waals surface area contributed by atoms with Gasteiger partial charge in [0.1, 0.15) is 0 Å². The Hall–Kier alpha value is -0.120. The van der Waals surface area contributed by atoms with Gasteiger partial charge in [-0.3, -0.25) is 4.90 Å². The van der Waals surface area contributed by atoms with Crippen LogP contribution in [0.1, 0.15) is 13.3 Å². The molecule has 1 saturated heterocycles. The number of aliphatic hydroxyl groups excluding tert-OH is 1. The Morgan fingerprint density at radius 2 is 2.27 bits per heavy atom. The molecule has 1 unspecified atom stereocenters. The first-order chi connectivity index (χ1) is 5.29. The molecule has 0 amide bonds. The maximum atomic E-state index is 9.11. The van der Waals surface area contributed by atoms with Gasteiger partial charge in [-0.1, -0.05) is 0 Å². The van der Waals surface area contributed by atoms with Crippen LogP contribution in [0, 0.1) is 0 Å². The highest BCUT2D eigenvalue weighted by atomic mass is 16.5. The molecule has 1 atom stereocenters. The minimum absolute atomic E-state index is 0.215. The third kappa shape index (κ3) is 3.70. The lowest BCUT2D eigenvalue weighted by atomic mass is 10.3. The molecule has 1 fully saturated rings. The molecule has 66 valence electrons. The highest BCUT2D eigenvalue weighted by Crippen LogP contribution is 1.99. The van der Waals surface area contributed by atoms with Crippen molar-refractivity contribution < 1.29 is 9.84 Å². The minimum Gasteiger partial charge on any atom is -0.392 e. The second-order valence-electron chi connectivity index (χ2n) is 3.12. The average Bonchev–Trinajstić information content (AvgIpc) is 2.14. The van der Waals surface area contributed by atoms with E-state index in [1.165, 1.54) is 0 Å². The first-order valence-corrected chi connectivity index (χ1v) is 4.27. The normalized spacial score (nSPS) is 24.5. The number of ether oxygens (including phenoxy) is 1. The number of nitrogens with zero attached hydrogens (tertiary/aromatic N) is 1. The van der Waals surface area contributed by atoms with Crippen LogP contribution in [-0.4, -0.2) is 49.0 Å². The average molecular weight is 159 g/mol. The lowest BCUT2D eigenvalue weighted by molar-refractivity contribution is 0.113. The zero-order valence-corrected chi connectivity index (χ0v) is 7.12. The number of aliphatic hydroxyl groups is 1. The predicted molar refractivity (Wildman–Crippen MR) is 43.6 cm³/mol. The molecular formula is C8H17NO2. The van der Waals surface area contributed by atoms with Crippen LogP contribution in [-0.2, 0) is 4.74 Å². The van der Waals surface area contributed by atoms with Crippen LogP contribution in [0.25, 0.3) is 0 Å². The summed E-state index contributed by atoms with van der Waals surface area (Å²) in [6, 6.07) is 0. The van der Waals surface area contributed by atoms with Crippen molar-refractivity contribution in [1.29, 1.82) is 0 Å². The largest absolute Gasteiger partial charge is 0.392 e. The Balaban J connectivity index is 2.20. The fourth-order valence-electron chi connectivity index (χ4n) is 1.35. The molecule has 1 N–H and O–H groups in total. The number of hydrogen-bond acceptors (Lipinski definition) is 3. The van der Waals surface area contributed by atoms with Gasteiger partial charge in [-0.05, 0) is 13.3 Å². The van der Waals surface area contributed by atoms with Crippen molar-refractivity contribution in [3.63, 3.8) is 0 Å². The molecule has 3 nitrogen and oxygen atoms in total. The van der Waals surface area contributed by atoms with Gasteiger partial charge in [0.05, 0.1) is 12.7 Å². The van der Waals surface area contributed by atoms with Crippen molar-refractivity contribution in [1.82, 2.24) is 4.90 Å². The topological polar surface area (TPSA) is 32.7 Å². The van der Waals surface area contributed by atoms with Gasteiger partial charge in [-0.25, -0.2) is 0 Å². The molecule has 0 bridgehead atoms. The van der Waals surface area contributed by atoms with Crippen molar-refractivity contribution in [2.45, 2.75) is 19.4 Å². The van der Waals surface area contributed by atoms with Gasteiger partial charge >= 0.3 is 0 Å². The Labute approximate surface area is 68.0 Å². The molecule has 0 saturated carbocycles. The molecule has 1 heterocycles. The van der Waals surface area contributed by atoms with E-state index in [9.17, 15) is 0 Å². The first-order valence-electron chi connectivity index (χ1n) is 4.27. The molecule has 0 aromatic carbocycles. The summed E-state index contributed by atoms with van der Waals surface area (Å²) >= 11 is 0. The molecule has 0 aliphatic carbocycles. The third-order valence-corrected chi connectivity index (χ3v) is 1.84. The minimum atomic E-state index is -0.215. The van der Waals surface area contributed by atoms with Gasteiger partial charge in [-0.2, -0.15) is 0 Å².